The molecule has 0 unspecified atom stereocenters. The molecule has 6 heteroatoms. The number of carbonyl (C=O) groups excluding carboxylic acids is 1. The van der Waals surface area contributed by atoms with E-state index in [1.54, 1.807) is 24.8 Å². The summed E-state index contributed by atoms with van der Waals surface area (Å²) in [6, 6.07) is 1.62. The molecule has 0 spiro atoms. The molecule has 3 N–H and O–H groups in total. The minimum atomic E-state index is -0.601. The molecule has 0 aromatic carbocycles. The van der Waals surface area contributed by atoms with E-state index in [9.17, 15) is 4.79 Å². The molecule has 0 bridgehead atoms. The molecule has 0 aliphatic carbocycles. The van der Waals surface area contributed by atoms with E-state index in [2.05, 4.69) is 19.9 Å². The third-order valence-electron chi connectivity index (χ3n) is 1.19. The van der Waals surface area contributed by atoms with Gasteiger partial charge >= 0.3 is 0 Å². The van der Waals surface area contributed by atoms with Crippen molar-refractivity contribution in [3.05, 3.63) is 43.0 Å². The number of carbonyl (C=O) groups is 1. The maximum Gasteiger partial charge on any atom is 0.286 e. The first kappa shape index (κ1) is 9.85. The van der Waals surface area contributed by atoms with Gasteiger partial charge in [-0.2, -0.15) is 0 Å². The number of rotatable bonds is 1. The highest BCUT2D eigenvalue weighted by atomic mass is 16.1. The summed E-state index contributed by atoms with van der Waals surface area (Å²) in [4.78, 5) is 23.9. The van der Waals surface area contributed by atoms with E-state index in [-0.39, 0.29) is 5.82 Å². The normalized spacial score (nSPS) is 8.57. The van der Waals surface area contributed by atoms with Crippen LogP contribution >= 0.6 is 0 Å². The number of amides is 1. The van der Waals surface area contributed by atoms with Crippen molar-refractivity contribution in [1.29, 1.82) is 0 Å². The van der Waals surface area contributed by atoms with Gasteiger partial charge in [-0.3, -0.25) is 4.79 Å². The molecule has 2 heterocycles. The van der Waals surface area contributed by atoms with Gasteiger partial charge in [-0.15, -0.1) is 0 Å². The Kier molecular flexibility index (Phi) is 3.81. The quantitative estimate of drug-likeness (QED) is 0.662. The molecule has 2 aromatic rings. The number of hydrogen-bond acceptors (Lipinski definition) is 4. The van der Waals surface area contributed by atoms with Crippen LogP contribution in [0.5, 0.6) is 0 Å². The molecule has 0 atom stereocenters. The van der Waals surface area contributed by atoms with Crippen LogP contribution in [0.15, 0.2) is 37.2 Å². The molecular formula is C8H9N5O. The van der Waals surface area contributed by atoms with E-state index in [0.29, 0.717) is 0 Å². The number of imidazole rings is 1. The van der Waals surface area contributed by atoms with Crippen LogP contribution in [-0.4, -0.2) is 25.8 Å². The first-order valence-corrected chi connectivity index (χ1v) is 3.80. The molecule has 72 valence electrons. The van der Waals surface area contributed by atoms with E-state index in [0.717, 1.165) is 0 Å². The average Bonchev–Trinajstić information content (AvgIpc) is 2.77. The van der Waals surface area contributed by atoms with Crippen LogP contribution in [0.3, 0.4) is 0 Å². The summed E-state index contributed by atoms with van der Waals surface area (Å²) in [5.41, 5.74) is 4.85. The third kappa shape index (κ3) is 3.44. The van der Waals surface area contributed by atoms with Gasteiger partial charge in [0, 0.05) is 24.8 Å². The fraction of sp³-hybridized carbons (Fsp3) is 0. The molecule has 0 fully saturated rings. The summed E-state index contributed by atoms with van der Waals surface area (Å²) < 4.78 is 0. The molecule has 0 aliphatic rings. The highest BCUT2D eigenvalue weighted by Crippen LogP contribution is 1.82. The van der Waals surface area contributed by atoms with Gasteiger partial charge in [0.15, 0.2) is 0 Å². The Morgan fingerprint density at radius 3 is 2.29 bits per heavy atom. The summed E-state index contributed by atoms with van der Waals surface area (Å²) in [6.45, 7) is 0. The predicted octanol–water partition coefficient (Wildman–Crippen LogP) is -0.0148. The van der Waals surface area contributed by atoms with Crippen molar-refractivity contribution in [2.45, 2.75) is 0 Å². The molecule has 6 nitrogen and oxygen atoms in total. The van der Waals surface area contributed by atoms with Crippen LogP contribution in [0.2, 0.25) is 0 Å². The van der Waals surface area contributed by atoms with Gasteiger partial charge in [0.05, 0.1) is 6.33 Å². The van der Waals surface area contributed by atoms with Gasteiger partial charge in [0.1, 0.15) is 0 Å². The number of nitrogens with zero attached hydrogens (tertiary/aromatic N) is 3. The zero-order chi connectivity index (χ0) is 10.2. The Bertz CT molecular complexity index is 341. The molecule has 14 heavy (non-hydrogen) atoms. The predicted molar refractivity (Wildman–Crippen MR) is 49.1 cm³/mol. The average molecular weight is 191 g/mol. The first-order valence-electron chi connectivity index (χ1n) is 3.80. The lowest BCUT2D eigenvalue weighted by molar-refractivity contribution is 0.0990. The monoisotopic (exact) mass is 191 g/mol. The lowest BCUT2D eigenvalue weighted by atomic mass is 10.5. The SMILES string of the molecule is NC(=O)c1ncccn1.c1c[nH]cn1. The Morgan fingerprint density at radius 2 is 2.00 bits per heavy atom. The molecule has 0 saturated heterocycles. The molecule has 0 aliphatic heterocycles. The van der Waals surface area contributed by atoms with Crippen molar-refractivity contribution < 1.29 is 4.79 Å². The number of aromatic amines is 1. The highest BCUT2D eigenvalue weighted by Gasteiger charge is 1.98. The third-order valence-corrected chi connectivity index (χ3v) is 1.19. The van der Waals surface area contributed by atoms with Gasteiger partial charge in [0.25, 0.3) is 5.91 Å². The summed E-state index contributed by atoms with van der Waals surface area (Å²) in [6.07, 6.45) is 8.01. The largest absolute Gasteiger partial charge is 0.363 e. The summed E-state index contributed by atoms with van der Waals surface area (Å²) in [5, 5.41) is 0. The van der Waals surface area contributed by atoms with Crippen LogP contribution in [-0.2, 0) is 0 Å². The van der Waals surface area contributed by atoms with Crippen LogP contribution in [0.1, 0.15) is 10.6 Å². The standard InChI is InChI=1S/C5H5N3O.C3H4N2/c6-4(9)5-7-2-1-3-8-5;1-2-5-3-4-1/h1-3H,(H2,6,9);1-3H,(H,4,5). The van der Waals surface area contributed by atoms with Crippen molar-refractivity contribution in [2.75, 3.05) is 0 Å². The number of nitrogens with two attached hydrogens (primary N) is 1. The van der Waals surface area contributed by atoms with Gasteiger partial charge in [-0.1, -0.05) is 0 Å². The molecule has 2 rings (SSSR count). The number of aromatic nitrogens is 4. The molecule has 2 aromatic heterocycles. The number of primary amides is 1. The van der Waals surface area contributed by atoms with Crippen LogP contribution in [0.4, 0.5) is 0 Å². The molecule has 1 amide bonds. The maximum atomic E-state index is 10.3. The van der Waals surface area contributed by atoms with Gasteiger partial charge in [-0.05, 0) is 6.07 Å². The lowest BCUT2D eigenvalue weighted by Crippen LogP contribution is -2.14. The number of H-pyrrole nitrogens is 1. The smallest absolute Gasteiger partial charge is 0.286 e. The topological polar surface area (TPSA) is 97.5 Å². The van der Waals surface area contributed by atoms with E-state index in [1.165, 1.54) is 12.4 Å². The minimum Gasteiger partial charge on any atom is -0.363 e. The fourth-order valence-electron chi connectivity index (χ4n) is 0.641. The molecule has 0 radical (unpaired) electrons. The zero-order valence-corrected chi connectivity index (χ0v) is 7.29. The van der Waals surface area contributed by atoms with E-state index in [1.807, 2.05) is 0 Å². The second-order valence-corrected chi connectivity index (χ2v) is 2.20. The molecule has 0 saturated carbocycles. The van der Waals surface area contributed by atoms with E-state index >= 15 is 0 Å². The zero-order valence-electron chi connectivity index (χ0n) is 7.29. The minimum absolute atomic E-state index is 0.0532. The van der Waals surface area contributed by atoms with Crippen LogP contribution in [0.25, 0.3) is 0 Å². The van der Waals surface area contributed by atoms with Gasteiger partial charge < -0.3 is 10.7 Å². The van der Waals surface area contributed by atoms with E-state index < -0.39 is 5.91 Å². The van der Waals surface area contributed by atoms with Gasteiger partial charge in [0.2, 0.25) is 5.82 Å². The highest BCUT2D eigenvalue weighted by molar-refractivity contribution is 5.88. The van der Waals surface area contributed by atoms with Crippen molar-refractivity contribution in [3.8, 4) is 0 Å². The summed E-state index contributed by atoms with van der Waals surface area (Å²) in [7, 11) is 0. The number of nitrogens with one attached hydrogen (secondary N) is 1. The van der Waals surface area contributed by atoms with Crippen LogP contribution < -0.4 is 5.73 Å². The Morgan fingerprint density at radius 1 is 1.29 bits per heavy atom. The summed E-state index contributed by atoms with van der Waals surface area (Å²) >= 11 is 0. The maximum absolute atomic E-state index is 10.3. The fourth-order valence-corrected chi connectivity index (χ4v) is 0.641. The lowest BCUT2D eigenvalue weighted by Gasteiger charge is -1.87. The second-order valence-electron chi connectivity index (χ2n) is 2.20. The number of hydrogen-bond donors (Lipinski definition) is 2. The Labute approximate surface area is 80.2 Å². The van der Waals surface area contributed by atoms with E-state index in [4.69, 9.17) is 5.73 Å². The van der Waals surface area contributed by atoms with Gasteiger partial charge in [-0.25, -0.2) is 15.0 Å². The first-order chi connectivity index (χ1) is 6.80. The Hall–Kier alpha value is -2.24. The molecular weight excluding hydrogens is 182 g/mol. The van der Waals surface area contributed by atoms with Crippen molar-refractivity contribution in [3.63, 3.8) is 0 Å². The second kappa shape index (κ2) is 5.41. The van der Waals surface area contributed by atoms with Crippen molar-refractivity contribution in [1.82, 2.24) is 19.9 Å². The van der Waals surface area contributed by atoms with Crippen molar-refractivity contribution >= 4 is 5.91 Å². The van der Waals surface area contributed by atoms with Crippen molar-refractivity contribution in [2.24, 2.45) is 5.73 Å². The van der Waals surface area contributed by atoms with Crippen LogP contribution in [0, 0.1) is 0 Å². The Balaban J connectivity index is 0.000000165. The summed E-state index contributed by atoms with van der Waals surface area (Å²) in [5.74, 6) is -0.548.